The highest BCUT2D eigenvalue weighted by Crippen LogP contribution is 2.17. The maximum atomic E-state index is 11.4. The Balaban J connectivity index is 2.23. The van der Waals surface area contributed by atoms with Crippen molar-refractivity contribution in [2.45, 2.75) is 13.3 Å². The third-order valence-corrected chi connectivity index (χ3v) is 2.17. The van der Waals surface area contributed by atoms with Gasteiger partial charge in [0, 0.05) is 5.02 Å². The first-order valence-electron chi connectivity index (χ1n) is 5.81. The molecule has 0 atom stereocenters. The zero-order valence-electron chi connectivity index (χ0n) is 10.6. The van der Waals surface area contributed by atoms with Crippen molar-refractivity contribution in [1.29, 1.82) is 0 Å². The number of esters is 2. The summed E-state index contributed by atoms with van der Waals surface area (Å²) in [6.45, 7) is 1.63. The van der Waals surface area contributed by atoms with Crippen LogP contribution in [0, 0.1) is 0 Å². The molecule has 0 aliphatic rings. The summed E-state index contributed by atoms with van der Waals surface area (Å²) in [6.07, 6.45) is 0.739. The lowest BCUT2D eigenvalue weighted by molar-refractivity contribution is -0.151. The van der Waals surface area contributed by atoms with Crippen LogP contribution >= 0.6 is 11.6 Å². The molecule has 0 heterocycles. The van der Waals surface area contributed by atoms with Crippen LogP contribution in [-0.2, 0) is 19.1 Å². The predicted octanol–water partition coefficient (Wildman–Crippen LogP) is 2.22. The second-order valence-corrected chi connectivity index (χ2v) is 4.08. The lowest BCUT2D eigenvalue weighted by Gasteiger charge is -2.06. The van der Waals surface area contributed by atoms with Gasteiger partial charge in [-0.2, -0.15) is 0 Å². The molecule has 0 aromatic heterocycles. The molecule has 0 N–H and O–H groups in total. The maximum absolute atomic E-state index is 11.4. The summed E-state index contributed by atoms with van der Waals surface area (Å²) in [7, 11) is 0. The van der Waals surface area contributed by atoms with E-state index in [1.54, 1.807) is 18.2 Å². The van der Waals surface area contributed by atoms with Crippen LogP contribution < -0.4 is 4.74 Å². The third kappa shape index (κ3) is 6.79. The molecule has 0 amide bonds. The van der Waals surface area contributed by atoms with Crippen LogP contribution in [0.5, 0.6) is 5.75 Å². The van der Waals surface area contributed by atoms with Gasteiger partial charge in [0.25, 0.3) is 0 Å². The first-order valence-corrected chi connectivity index (χ1v) is 6.19. The fourth-order valence-corrected chi connectivity index (χ4v) is 1.35. The van der Waals surface area contributed by atoms with E-state index in [2.05, 4.69) is 0 Å². The number of benzene rings is 1. The van der Waals surface area contributed by atoms with E-state index in [1.165, 1.54) is 6.07 Å². The predicted molar refractivity (Wildman–Crippen MR) is 69.2 cm³/mol. The van der Waals surface area contributed by atoms with E-state index in [9.17, 15) is 9.59 Å². The summed E-state index contributed by atoms with van der Waals surface area (Å²) in [5.74, 6) is -0.780. The number of hydrogen-bond acceptors (Lipinski definition) is 5. The van der Waals surface area contributed by atoms with Crippen molar-refractivity contribution in [3.63, 3.8) is 0 Å². The Morgan fingerprint density at radius 1 is 1.21 bits per heavy atom. The zero-order valence-corrected chi connectivity index (χ0v) is 11.3. The Labute approximate surface area is 116 Å². The van der Waals surface area contributed by atoms with E-state index in [0.29, 0.717) is 17.4 Å². The molecule has 6 heteroatoms. The SMILES string of the molecule is CCCOC(=O)COCC(=O)Oc1cccc(Cl)c1. The van der Waals surface area contributed by atoms with Crippen molar-refractivity contribution in [2.24, 2.45) is 0 Å². The van der Waals surface area contributed by atoms with Crippen LogP contribution in [0.15, 0.2) is 24.3 Å². The number of rotatable bonds is 7. The summed E-state index contributed by atoms with van der Waals surface area (Å²) < 4.78 is 14.6. The van der Waals surface area contributed by atoms with Crippen LogP contribution in [-0.4, -0.2) is 31.8 Å². The molecule has 0 spiro atoms. The number of carbonyl (C=O) groups is 2. The highest BCUT2D eigenvalue weighted by Gasteiger charge is 2.08. The molecule has 0 radical (unpaired) electrons. The second-order valence-electron chi connectivity index (χ2n) is 3.64. The molecule has 0 saturated heterocycles. The number of halogens is 1. The van der Waals surface area contributed by atoms with E-state index in [-0.39, 0.29) is 13.2 Å². The van der Waals surface area contributed by atoms with Crippen LogP contribution in [0.1, 0.15) is 13.3 Å². The molecule has 0 fully saturated rings. The molecular formula is C13H15ClO5. The number of hydrogen-bond donors (Lipinski definition) is 0. The molecule has 0 saturated carbocycles. The van der Waals surface area contributed by atoms with Gasteiger partial charge in [0.2, 0.25) is 0 Å². The highest BCUT2D eigenvalue weighted by atomic mass is 35.5. The Bertz CT molecular complexity index is 433. The summed E-state index contributed by atoms with van der Waals surface area (Å²) >= 11 is 5.74. The van der Waals surface area contributed by atoms with Crippen molar-refractivity contribution < 1.29 is 23.8 Å². The third-order valence-electron chi connectivity index (χ3n) is 1.93. The largest absolute Gasteiger partial charge is 0.464 e. The van der Waals surface area contributed by atoms with E-state index >= 15 is 0 Å². The van der Waals surface area contributed by atoms with Crippen LogP contribution in [0.25, 0.3) is 0 Å². The van der Waals surface area contributed by atoms with Gasteiger partial charge in [-0.05, 0) is 24.6 Å². The molecule has 19 heavy (non-hydrogen) atoms. The maximum Gasteiger partial charge on any atom is 0.337 e. The van der Waals surface area contributed by atoms with Crippen molar-refractivity contribution in [3.05, 3.63) is 29.3 Å². The van der Waals surface area contributed by atoms with Gasteiger partial charge < -0.3 is 14.2 Å². The van der Waals surface area contributed by atoms with E-state index in [4.69, 9.17) is 25.8 Å². The quantitative estimate of drug-likeness (QED) is 0.568. The molecule has 1 aromatic rings. The minimum absolute atomic E-state index is 0.273. The normalized spacial score (nSPS) is 10.0. The van der Waals surface area contributed by atoms with Gasteiger partial charge in [-0.1, -0.05) is 24.6 Å². The van der Waals surface area contributed by atoms with Crippen molar-refractivity contribution in [2.75, 3.05) is 19.8 Å². The molecule has 1 aromatic carbocycles. The van der Waals surface area contributed by atoms with Gasteiger partial charge in [0.15, 0.2) is 0 Å². The van der Waals surface area contributed by atoms with Gasteiger partial charge >= 0.3 is 11.9 Å². The average molecular weight is 287 g/mol. The van der Waals surface area contributed by atoms with Crippen LogP contribution in [0.3, 0.4) is 0 Å². The van der Waals surface area contributed by atoms with E-state index in [0.717, 1.165) is 6.42 Å². The van der Waals surface area contributed by atoms with Crippen LogP contribution in [0.2, 0.25) is 5.02 Å². The first kappa shape index (κ1) is 15.5. The van der Waals surface area contributed by atoms with E-state index in [1.807, 2.05) is 6.92 Å². The fourth-order valence-electron chi connectivity index (χ4n) is 1.17. The lowest BCUT2D eigenvalue weighted by atomic mass is 10.3. The lowest BCUT2D eigenvalue weighted by Crippen LogP contribution is -2.20. The van der Waals surface area contributed by atoms with Crippen molar-refractivity contribution >= 4 is 23.5 Å². The molecule has 1 rings (SSSR count). The second kappa shape index (κ2) is 8.50. The van der Waals surface area contributed by atoms with Gasteiger partial charge in [-0.25, -0.2) is 9.59 Å². The zero-order chi connectivity index (χ0) is 14.1. The molecule has 0 unspecified atom stereocenters. The molecule has 0 aliphatic carbocycles. The van der Waals surface area contributed by atoms with Crippen molar-refractivity contribution in [3.8, 4) is 5.75 Å². The smallest absolute Gasteiger partial charge is 0.337 e. The highest BCUT2D eigenvalue weighted by molar-refractivity contribution is 6.30. The Morgan fingerprint density at radius 3 is 2.63 bits per heavy atom. The Kier molecular flexibility index (Phi) is 6.92. The average Bonchev–Trinajstić information content (AvgIpc) is 2.36. The van der Waals surface area contributed by atoms with Crippen LogP contribution in [0.4, 0.5) is 0 Å². The minimum Gasteiger partial charge on any atom is -0.464 e. The summed E-state index contributed by atoms with van der Waals surface area (Å²) in [4.78, 5) is 22.4. The summed E-state index contributed by atoms with van der Waals surface area (Å²) in [5.41, 5.74) is 0. The van der Waals surface area contributed by atoms with Gasteiger partial charge in [0.05, 0.1) is 6.61 Å². The van der Waals surface area contributed by atoms with Gasteiger partial charge in [-0.15, -0.1) is 0 Å². The monoisotopic (exact) mass is 286 g/mol. The molecule has 5 nitrogen and oxygen atoms in total. The van der Waals surface area contributed by atoms with Crippen molar-refractivity contribution in [1.82, 2.24) is 0 Å². The topological polar surface area (TPSA) is 61.8 Å². The summed E-state index contributed by atoms with van der Waals surface area (Å²) in [5, 5.41) is 0.467. The Morgan fingerprint density at radius 2 is 1.95 bits per heavy atom. The summed E-state index contributed by atoms with van der Waals surface area (Å²) in [6, 6.07) is 6.43. The Hall–Kier alpha value is -1.59. The molecular weight excluding hydrogens is 272 g/mol. The molecule has 104 valence electrons. The first-order chi connectivity index (χ1) is 9.11. The number of carbonyl (C=O) groups excluding carboxylic acids is 2. The number of ether oxygens (including phenoxy) is 3. The van der Waals surface area contributed by atoms with Gasteiger partial charge in [-0.3, -0.25) is 0 Å². The van der Waals surface area contributed by atoms with Gasteiger partial charge in [0.1, 0.15) is 19.0 Å². The molecule has 0 bridgehead atoms. The standard InChI is InChI=1S/C13H15ClO5/c1-2-6-18-12(15)8-17-9-13(16)19-11-5-3-4-10(14)7-11/h3-5,7H,2,6,8-9H2,1H3. The van der Waals surface area contributed by atoms with E-state index < -0.39 is 11.9 Å². The molecule has 0 aliphatic heterocycles. The fraction of sp³-hybridized carbons (Fsp3) is 0.385. The minimum atomic E-state index is -0.606.